The van der Waals surface area contributed by atoms with Crippen molar-refractivity contribution in [3.63, 3.8) is 0 Å². The van der Waals surface area contributed by atoms with E-state index < -0.39 is 0 Å². The Hall–Kier alpha value is -0.510. The lowest BCUT2D eigenvalue weighted by atomic mass is 10.1. The van der Waals surface area contributed by atoms with Gasteiger partial charge >= 0.3 is 0 Å². The number of thiophene rings is 1. The lowest BCUT2D eigenvalue weighted by Crippen LogP contribution is -2.30. The van der Waals surface area contributed by atoms with Gasteiger partial charge in [-0.15, -0.1) is 11.3 Å². The molecule has 2 atom stereocenters. The zero-order valence-electron chi connectivity index (χ0n) is 9.28. The van der Waals surface area contributed by atoms with Crippen molar-refractivity contribution in [1.29, 1.82) is 0 Å². The molecule has 0 aromatic carbocycles. The zero-order chi connectivity index (χ0) is 11.4. The molecule has 2 heterocycles. The van der Waals surface area contributed by atoms with Crippen molar-refractivity contribution in [2.75, 3.05) is 6.54 Å². The Morgan fingerprint density at radius 2 is 2.50 bits per heavy atom. The lowest BCUT2D eigenvalue weighted by molar-refractivity contribution is 0.120. The molecule has 1 aromatic heterocycles. The van der Waals surface area contributed by atoms with Crippen LogP contribution in [-0.4, -0.2) is 12.6 Å². The Bertz CT molecular complexity index is 364. The van der Waals surface area contributed by atoms with Crippen LogP contribution in [0.25, 0.3) is 0 Å². The van der Waals surface area contributed by atoms with Crippen molar-refractivity contribution >= 4 is 22.9 Å². The minimum atomic E-state index is 0.308. The molecule has 1 aromatic rings. The summed E-state index contributed by atoms with van der Waals surface area (Å²) in [6, 6.07) is 4.36. The molecule has 0 aliphatic carbocycles. The number of hydrogen-bond donors (Lipinski definition) is 1. The molecule has 1 aliphatic heterocycles. The van der Waals surface area contributed by atoms with Gasteiger partial charge in [0.2, 0.25) is 0 Å². The number of ether oxygens (including phenoxy) is 1. The quantitative estimate of drug-likeness (QED) is 0.887. The van der Waals surface area contributed by atoms with Crippen LogP contribution in [0.2, 0.25) is 4.34 Å². The van der Waals surface area contributed by atoms with Gasteiger partial charge in [0.25, 0.3) is 0 Å². The number of nitrogens with one attached hydrogen (secondary N) is 1. The summed E-state index contributed by atoms with van der Waals surface area (Å²) in [4.78, 5) is 1.27. The number of halogens is 1. The van der Waals surface area contributed by atoms with Gasteiger partial charge < -0.3 is 10.1 Å². The van der Waals surface area contributed by atoms with Crippen LogP contribution in [-0.2, 0) is 4.74 Å². The highest BCUT2D eigenvalue weighted by Crippen LogP contribution is 2.26. The van der Waals surface area contributed by atoms with E-state index in [0.29, 0.717) is 12.1 Å². The molecular formula is C12H16ClNOS. The van der Waals surface area contributed by atoms with Crippen molar-refractivity contribution in [3.05, 3.63) is 33.7 Å². The second-order valence-electron chi connectivity index (χ2n) is 3.98. The van der Waals surface area contributed by atoms with Crippen molar-refractivity contribution in [2.45, 2.75) is 31.9 Å². The molecule has 0 radical (unpaired) electrons. The summed E-state index contributed by atoms with van der Waals surface area (Å²) < 4.78 is 6.35. The van der Waals surface area contributed by atoms with Crippen molar-refractivity contribution in [2.24, 2.45) is 0 Å². The summed E-state index contributed by atoms with van der Waals surface area (Å²) in [5.74, 6) is 0. The molecular weight excluding hydrogens is 242 g/mol. The molecule has 0 fully saturated rings. The monoisotopic (exact) mass is 257 g/mol. The van der Waals surface area contributed by atoms with Crippen LogP contribution in [0.1, 0.15) is 30.7 Å². The van der Waals surface area contributed by atoms with Gasteiger partial charge in [-0.05, 0) is 38.0 Å². The van der Waals surface area contributed by atoms with Gasteiger partial charge in [0.05, 0.1) is 10.6 Å². The lowest BCUT2D eigenvalue weighted by Gasteiger charge is -2.21. The predicted octanol–water partition coefficient (Wildman–Crippen LogP) is 3.74. The Kier molecular flexibility index (Phi) is 4.27. The molecule has 1 N–H and O–H groups in total. The van der Waals surface area contributed by atoms with Crippen molar-refractivity contribution in [3.8, 4) is 0 Å². The zero-order valence-corrected chi connectivity index (χ0v) is 10.9. The summed E-state index contributed by atoms with van der Waals surface area (Å²) >= 11 is 7.54. The van der Waals surface area contributed by atoms with E-state index in [1.54, 1.807) is 11.3 Å². The SMILES string of the molecule is CC(NCC1CCC=CO1)c1ccc(Cl)s1. The number of hydrogen-bond acceptors (Lipinski definition) is 3. The van der Waals surface area contributed by atoms with E-state index in [1.807, 2.05) is 12.3 Å². The first-order valence-electron chi connectivity index (χ1n) is 5.55. The van der Waals surface area contributed by atoms with Gasteiger partial charge in [-0.25, -0.2) is 0 Å². The van der Waals surface area contributed by atoms with Gasteiger partial charge in [-0.1, -0.05) is 11.6 Å². The second-order valence-corrected chi connectivity index (χ2v) is 5.73. The Balaban J connectivity index is 1.79. The van der Waals surface area contributed by atoms with Crippen molar-refractivity contribution < 1.29 is 4.74 Å². The molecule has 0 saturated heterocycles. The topological polar surface area (TPSA) is 21.3 Å². The van der Waals surface area contributed by atoms with Crippen LogP contribution in [0.15, 0.2) is 24.5 Å². The molecule has 0 saturated carbocycles. The first-order valence-corrected chi connectivity index (χ1v) is 6.74. The average Bonchev–Trinajstić information content (AvgIpc) is 2.74. The summed E-state index contributed by atoms with van der Waals surface area (Å²) in [5, 5.41) is 3.47. The molecule has 0 spiro atoms. The van der Waals surface area contributed by atoms with Crippen LogP contribution in [0.4, 0.5) is 0 Å². The molecule has 1 aliphatic rings. The normalized spacial score (nSPS) is 21.8. The fourth-order valence-electron chi connectivity index (χ4n) is 1.70. The second kappa shape index (κ2) is 5.71. The summed E-state index contributed by atoms with van der Waals surface area (Å²) in [6.07, 6.45) is 6.40. The van der Waals surface area contributed by atoms with Crippen LogP contribution >= 0.6 is 22.9 Å². The van der Waals surface area contributed by atoms with Gasteiger partial charge in [0, 0.05) is 17.5 Å². The highest BCUT2D eigenvalue weighted by molar-refractivity contribution is 7.16. The first kappa shape index (κ1) is 12.0. The molecule has 4 heteroatoms. The molecule has 2 unspecified atom stereocenters. The molecule has 16 heavy (non-hydrogen) atoms. The third-order valence-electron chi connectivity index (χ3n) is 2.70. The number of rotatable bonds is 4. The molecule has 2 nitrogen and oxygen atoms in total. The molecule has 0 bridgehead atoms. The van der Waals surface area contributed by atoms with Gasteiger partial charge in [0.1, 0.15) is 6.10 Å². The minimum absolute atomic E-state index is 0.308. The maximum Gasteiger partial charge on any atom is 0.110 e. The smallest absolute Gasteiger partial charge is 0.110 e. The Morgan fingerprint density at radius 1 is 1.62 bits per heavy atom. The maximum atomic E-state index is 5.91. The van der Waals surface area contributed by atoms with E-state index in [2.05, 4.69) is 24.4 Å². The van der Waals surface area contributed by atoms with E-state index in [4.69, 9.17) is 16.3 Å². The van der Waals surface area contributed by atoms with Gasteiger partial charge in [-0.3, -0.25) is 0 Å². The largest absolute Gasteiger partial charge is 0.497 e. The van der Waals surface area contributed by atoms with Gasteiger partial charge in [0.15, 0.2) is 0 Å². The number of allylic oxidation sites excluding steroid dienone is 1. The summed E-state index contributed by atoms with van der Waals surface area (Å²) in [5.41, 5.74) is 0. The predicted molar refractivity (Wildman–Crippen MR) is 69.0 cm³/mol. The summed E-state index contributed by atoms with van der Waals surface area (Å²) in [6.45, 7) is 3.04. The van der Waals surface area contributed by atoms with E-state index in [1.165, 1.54) is 4.88 Å². The van der Waals surface area contributed by atoms with Crippen molar-refractivity contribution in [1.82, 2.24) is 5.32 Å². The van der Waals surface area contributed by atoms with E-state index >= 15 is 0 Å². The molecule has 2 rings (SSSR count). The Labute approximate surface area is 105 Å². The highest BCUT2D eigenvalue weighted by Gasteiger charge is 2.13. The van der Waals surface area contributed by atoms with E-state index in [0.717, 1.165) is 23.7 Å². The van der Waals surface area contributed by atoms with Crippen LogP contribution in [0, 0.1) is 0 Å². The minimum Gasteiger partial charge on any atom is -0.497 e. The first-order chi connectivity index (χ1) is 7.75. The third kappa shape index (κ3) is 3.24. The maximum absolute atomic E-state index is 5.91. The third-order valence-corrected chi connectivity index (χ3v) is 4.11. The van der Waals surface area contributed by atoms with Crippen LogP contribution < -0.4 is 5.32 Å². The molecule has 88 valence electrons. The van der Waals surface area contributed by atoms with Gasteiger partial charge in [-0.2, -0.15) is 0 Å². The van der Waals surface area contributed by atoms with Crippen LogP contribution in [0.5, 0.6) is 0 Å². The average molecular weight is 258 g/mol. The fraction of sp³-hybridized carbons (Fsp3) is 0.500. The van der Waals surface area contributed by atoms with E-state index in [9.17, 15) is 0 Å². The summed E-state index contributed by atoms with van der Waals surface area (Å²) in [7, 11) is 0. The Morgan fingerprint density at radius 3 is 3.12 bits per heavy atom. The van der Waals surface area contributed by atoms with Crippen LogP contribution in [0.3, 0.4) is 0 Å². The van der Waals surface area contributed by atoms with E-state index in [-0.39, 0.29) is 0 Å². The standard InChI is InChI=1S/C12H16ClNOS/c1-9(11-5-6-12(13)16-11)14-8-10-4-2-3-7-15-10/h3,5-7,9-10,14H,2,4,8H2,1H3. The fourth-order valence-corrected chi connectivity index (χ4v) is 2.79. The molecule has 0 amide bonds. The highest BCUT2D eigenvalue weighted by atomic mass is 35.5.